The van der Waals surface area contributed by atoms with E-state index in [-0.39, 0.29) is 11.9 Å². The number of fused-ring (bicyclic) bond motifs is 1. The summed E-state index contributed by atoms with van der Waals surface area (Å²) in [5.74, 6) is -0.360. The summed E-state index contributed by atoms with van der Waals surface area (Å²) in [4.78, 5) is 31.5. The smallest absolute Gasteiger partial charge is 0.341 e. The number of esters is 1. The molecule has 1 aliphatic heterocycles. The third kappa shape index (κ3) is 6.02. The van der Waals surface area contributed by atoms with Gasteiger partial charge < -0.3 is 10.1 Å². The first-order valence-corrected chi connectivity index (χ1v) is 13.0. The van der Waals surface area contributed by atoms with E-state index >= 15 is 0 Å². The maximum Gasteiger partial charge on any atom is 0.341 e. The third-order valence-electron chi connectivity index (χ3n) is 6.64. The quantitative estimate of drug-likeness (QED) is 0.485. The molecule has 1 amide bonds. The van der Waals surface area contributed by atoms with E-state index in [1.54, 1.807) is 11.3 Å². The minimum atomic E-state index is -0.308. The van der Waals surface area contributed by atoms with E-state index in [4.69, 9.17) is 4.74 Å². The predicted octanol–water partition coefficient (Wildman–Crippen LogP) is 4.26. The van der Waals surface area contributed by atoms with Gasteiger partial charge in [0.15, 0.2) is 0 Å². The van der Waals surface area contributed by atoms with Gasteiger partial charge in [-0.2, -0.15) is 0 Å². The summed E-state index contributed by atoms with van der Waals surface area (Å²) in [6.45, 7) is 9.25. The Morgan fingerprint density at radius 3 is 2.52 bits per heavy atom. The van der Waals surface area contributed by atoms with Gasteiger partial charge in [-0.05, 0) is 56.2 Å². The van der Waals surface area contributed by atoms with Crippen molar-refractivity contribution in [2.45, 2.75) is 52.5 Å². The molecule has 0 radical (unpaired) electrons. The lowest BCUT2D eigenvalue weighted by molar-refractivity contribution is -0.117. The van der Waals surface area contributed by atoms with Gasteiger partial charge >= 0.3 is 5.97 Å². The molecule has 1 N–H and O–H groups in total. The van der Waals surface area contributed by atoms with Crippen LogP contribution in [0.15, 0.2) is 24.3 Å². The summed E-state index contributed by atoms with van der Waals surface area (Å²) >= 11 is 1.56. The number of ether oxygens (including phenoxy) is 1. The highest BCUT2D eigenvalue weighted by molar-refractivity contribution is 7.17. The minimum Gasteiger partial charge on any atom is -0.462 e. The second-order valence-electron chi connectivity index (χ2n) is 9.02. The van der Waals surface area contributed by atoms with Crippen molar-refractivity contribution in [2.24, 2.45) is 0 Å². The van der Waals surface area contributed by atoms with E-state index < -0.39 is 0 Å². The number of hydrogen-bond donors (Lipinski definition) is 1. The van der Waals surface area contributed by atoms with E-state index in [0.29, 0.717) is 23.7 Å². The zero-order valence-corrected chi connectivity index (χ0v) is 20.6. The van der Waals surface area contributed by atoms with Gasteiger partial charge in [-0.15, -0.1) is 11.3 Å². The Hall–Kier alpha value is -2.22. The fraction of sp³-hybridized carbons (Fsp3) is 0.538. The number of carbonyl (C=O) groups excluding carboxylic acids is 2. The third-order valence-corrected chi connectivity index (χ3v) is 7.85. The van der Waals surface area contributed by atoms with Crippen molar-refractivity contribution in [3.05, 3.63) is 51.4 Å². The molecule has 2 aliphatic rings. The van der Waals surface area contributed by atoms with Crippen LogP contribution in [0.2, 0.25) is 0 Å². The highest BCUT2D eigenvalue weighted by Gasteiger charge is 2.27. The van der Waals surface area contributed by atoms with Crippen molar-refractivity contribution >= 4 is 28.2 Å². The molecule has 0 atom stereocenters. The van der Waals surface area contributed by atoms with Crippen molar-refractivity contribution in [3.63, 3.8) is 0 Å². The molecule has 0 bridgehead atoms. The number of carbonyl (C=O) groups is 2. The topological polar surface area (TPSA) is 61.9 Å². The molecule has 1 saturated heterocycles. The van der Waals surface area contributed by atoms with Crippen LogP contribution in [-0.2, 0) is 28.9 Å². The second kappa shape index (κ2) is 11.3. The summed E-state index contributed by atoms with van der Waals surface area (Å²) in [6.07, 6.45) is 5.26. The number of amides is 1. The highest BCUT2D eigenvalue weighted by Crippen LogP contribution is 2.38. The van der Waals surface area contributed by atoms with Gasteiger partial charge in [-0.3, -0.25) is 14.6 Å². The van der Waals surface area contributed by atoms with E-state index in [1.807, 2.05) is 6.92 Å². The lowest BCUT2D eigenvalue weighted by Crippen LogP contribution is -2.48. The van der Waals surface area contributed by atoms with Gasteiger partial charge in [0.1, 0.15) is 5.00 Å². The standard InChI is InChI=1S/C26H35N3O3S/c1-3-32-26(31)24-21-11-5-4-6-12-22(21)33-25(24)27-23(30)18-29-15-13-28(14-16-29)17-20-10-8-7-9-19(20)2/h7-10H,3-6,11-18H2,1-2H3,(H,27,30). The Morgan fingerprint density at radius 2 is 1.76 bits per heavy atom. The van der Waals surface area contributed by atoms with E-state index in [9.17, 15) is 9.59 Å². The van der Waals surface area contributed by atoms with Gasteiger partial charge in [-0.25, -0.2) is 4.79 Å². The first kappa shape index (κ1) is 23.9. The molecular formula is C26H35N3O3S. The monoisotopic (exact) mass is 469 g/mol. The Bertz CT molecular complexity index is 979. The van der Waals surface area contributed by atoms with E-state index in [2.05, 4.69) is 46.3 Å². The molecule has 2 heterocycles. The maximum absolute atomic E-state index is 12.9. The lowest BCUT2D eigenvalue weighted by Gasteiger charge is -2.34. The van der Waals surface area contributed by atoms with Crippen LogP contribution in [0.25, 0.3) is 0 Å². The molecule has 33 heavy (non-hydrogen) atoms. The zero-order valence-electron chi connectivity index (χ0n) is 19.8. The van der Waals surface area contributed by atoms with E-state index in [0.717, 1.165) is 64.0 Å². The minimum absolute atomic E-state index is 0.0516. The maximum atomic E-state index is 12.9. The van der Waals surface area contributed by atoms with Gasteiger partial charge in [0, 0.05) is 37.6 Å². The number of benzene rings is 1. The molecule has 7 heteroatoms. The molecule has 1 aromatic carbocycles. The predicted molar refractivity (Wildman–Crippen MR) is 133 cm³/mol. The van der Waals surface area contributed by atoms with Crippen LogP contribution in [0, 0.1) is 6.92 Å². The number of anilines is 1. The van der Waals surface area contributed by atoms with Gasteiger partial charge in [0.05, 0.1) is 18.7 Å². The molecule has 1 aliphatic carbocycles. The first-order chi connectivity index (χ1) is 16.0. The second-order valence-corrected chi connectivity index (χ2v) is 10.1. The fourth-order valence-corrected chi connectivity index (χ4v) is 6.05. The van der Waals surface area contributed by atoms with Crippen LogP contribution in [0.3, 0.4) is 0 Å². The molecule has 0 spiro atoms. The molecular weight excluding hydrogens is 434 g/mol. The fourth-order valence-electron chi connectivity index (χ4n) is 4.75. The lowest BCUT2D eigenvalue weighted by atomic mass is 10.1. The largest absolute Gasteiger partial charge is 0.462 e. The molecule has 6 nitrogen and oxygen atoms in total. The van der Waals surface area contributed by atoms with Crippen molar-refractivity contribution < 1.29 is 14.3 Å². The Morgan fingerprint density at radius 1 is 1.03 bits per heavy atom. The number of nitrogens with zero attached hydrogens (tertiary/aromatic N) is 2. The summed E-state index contributed by atoms with van der Waals surface area (Å²) in [5.41, 5.74) is 4.38. The number of hydrogen-bond acceptors (Lipinski definition) is 6. The Kier molecular flexibility index (Phi) is 8.17. The molecule has 1 fully saturated rings. The number of rotatable bonds is 7. The zero-order chi connectivity index (χ0) is 23.2. The number of piperazine rings is 1. The van der Waals surface area contributed by atoms with Gasteiger partial charge in [0.2, 0.25) is 5.91 Å². The highest BCUT2D eigenvalue weighted by atomic mass is 32.1. The first-order valence-electron chi connectivity index (χ1n) is 12.2. The van der Waals surface area contributed by atoms with Crippen LogP contribution in [0.5, 0.6) is 0 Å². The number of aryl methyl sites for hydroxylation is 2. The van der Waals surface area contributed by atoms with Crippen molar-refractivity contribution in [1.29, 1.82) is 0 Å². The summed E-state index contributed by atoms with van der Waals surface area (Å²) in [5, 5.41) is 3.73. The molecule has 0 saturated carbocycles. The van der Waals surface area contributed by atoms with Crippen molar-refractivity contribution in [1.82, 2.24) is 9.80 Å². The average Bonchev–Trinajstić information content (AvgIpc) is 2.97. The molecule has 178 valence electrons. The Labute approximate surface area is 200 Å². The summed E-state index contributed by atoms with van der Waals surface area (Å²) < 4.78 is 5.33. The molecule has 4 rings (SSSR count). The van der Waals surface area contributed by atoms with Crippen molar-refractivity contribution in [3.8, 4) is 0 Å². The van der Waals surface area contributed by atoms with Crippen LogP contribution in [0.4, 0.5) is 5.00 Å². The molecule has 2 aromatic rings. The normalized spacial score (nSPS) is 17.3. The van der Waals surface area contributed by atoms with Crippen molar-refractivity contribution in [2.75, 3.05) is 44.6 Å². The van der Waals surface area contributed by atoms with Crippen LogP contribution < -0.4 is 5.32 Å². The number of nitrogens with one attached hydrogen (secondary N) is 1. The van der Waals surface area contributed by atoms with Crippen LogP contribution in [-0.4, -0.2) is 61.0 Å². The van der Waals surface area contributed by atoms with E-state index in [1.165, 1.54) is 22.4 Å². The molecule has 1 aromatic heterocycles. The van der Waals surface area contributed by atoms with Crippen LogP contribution in [0.1, 0.15) is 58.1 Å². The van der Waals surface area contributed by atoms with Crippen LogP contribution >= 0.6 is 11.3 Å². The summed E-state index contributed by atoms with van der Waals surface area (Å²) in [7, 11) is 0. The number of thiophene rings is 1. The van der Waals surface area contributed by atoms with Gasteiger partial charge in [-0.1, -0.05) is 30.7 Å². The summed E-state index contributed by atoms with van der Waals surface area (Å²) in [6, 6.07) is 8.52. The molecule has 0 unspecified atom stereocenters. The van der Waals surface area contributed by atoms with Gasteiger partial charge in [0.25, 0.3) is 0 Å². The Balaban J connectivity index is 1.34. The average molecular weight is 470 g/mol. The SMILES string of the molecule is CCOC(=O)c1c(NC(=O)CN2CCN(Cc3ccccc3C)CC2)sc2c1CCCCC2.